The Bertz CT molecular complexity index is 1480. The first-order valence-electron chi connectivity index (χ1n) is 12.3. The smallest absolute Gasteiger partial charge is 0.353 e. The number of carbonyl (C=O) groups is 3. The number of pyridine rings is 2. The van der Waals surface area contributed by atoms with Gasteiger partial charge in [-0.05, 0) is 23.6 Å². The number of likely N-dealkylation sites (tertiary alicyclic amines) is 1. The summed E-state index contributed by atoms with van der Waals surface area (Å²) in [6.45, 7) is 4.96. The number of halogens is 4. The SMILES string of the molecule is CC1(C)C2C(=O)N(Cc3cc4nccc(-c5cc(C(F)(F)F)cnc5CC5NCCNC5=O)c4s3)C(=O)C21.Cl. The predicted molar refractivity (Wildman–Crippen MR) is 140 cm³/mol. The normalized spacial score (nSPS) is 24.0. The van der Waals surface area contributed by atoms with Gasteiger partial charge in [-0.3, -0.25) is 29.3 Å². The van der Waals surface area contributed by atoms with Crippen LogP contribution < -0.4 is 10.6 Å². The van der Waals surface area contributed by atoms with Crippen molar-refractivity contribution >= 4 is 51.7 Å². The van der Waals surface area contributed by atoms with Gasteiger partial charge in [0.1, 0.15) is 0 Å². The van der Waals surface area contributed by atoms with E-state index >= 15 is 0 Å². The van der Waals surface area contributed by atoms with Crippen LogP contribution in [-0.4, -0.2) is 51.7 Å². The molecule has 39 heavy (non-hydrogen) atoms. The van der Waals surface area contributed by atoms with Crippen molar-refractivity contribution in [3.8, 4) is 11.1 Å². The number of nitrogens with one attached hydrogen (secondary N) is 2. The second-order valence-corrected chi connectivity index (χ2v) is 11.7. The predicted octanol–water partition coefficient (Wildman–Crippen LogP) is 3.57. The van der Waals surface area contributed by atoms with Crippen LogP contribution in [0.3, 0.4) is 0 Å². The fraction of sp³-hybridized carbons (Fsp3) is 0.423. The Balaban J connectivity index is 0.00000308. The van der Waals surface area contributed by atoms with Gasteiger partial charge in [-0.15, -0.1) is 23.7 Å². The third-order valence-corrected chi connectivity index (χ3v) is 8.93. The largest absolute Gasteiger partial charge is 0.417 e. The Morgan fingerprint density at radius 2 is 1.79 bits per heavy atom. The van der Waals surface area contributed by atoms with Gasteiger partial charge in [-0.1, -0.05) is 13.8 Å². The standard InChI is InChI=1S/C26H24F3N5O3S.ClH/c1-25(2)19-20(25)24(37)34(23(19)36)11-13-8-17-21(38-13)14(3-4-30-17)15-7-12(26(27,28)29)10-33-16(15)9-18-22(35)32-6-5-31-18;/h3-4,7-8,10,18-20,31H,5-6,9,11H2,1-2H3,(H,32,35);1H. The monoisotopic (exact) mass is 579 g/mol. The first kappa shape index (κ1) is 27.5. The van der Waals surface area contributed by atoms with E-state index in [0.29, 0.717) is 39.4 Å². The number of aromatic nitrogens is 2. The first-order chi connectivity index (χ1) is 18.0. The zero-order chi connectivity index (χ0) is 27.0. The molecule has 3 aliphatic rings. The molecule has 5 heterocycles. The highest BCUT2D eigenvalue weighted by Gasteiger charge is 2.72. The van der Waals surface area contributed by atoms with Gasteiger partial charge < -0.3 is 10.6 Å². The van der Waals surface area contributed by atoms with E-state index in [0.717, 1.165) is 12.3 Å². The lowest BCUT2D eigenvalue weighted by molar-refractivity contribution is -0.143. The van der Waals surface area contributed by atoms with Crippen molar-refractivity contribution in [3.63, 3.8) is 0 Å². The van der Waals surface area contributed by atoms with E-state index in [2.05, 4.69) is 20.6 Å². The topological polar surface area (TPSA) is 104 Å². The van der Waals surface area contributed by atoms with Crippen LogP contribution >= 0.6 is 23.7 Å². The summed E-state index contributed by atoms with van der Waals surface area (Å²) >= 11 is 1.28. The second kappa shape index (κ2) is 9.53. The molecule has 6 rings (SSSR count). The number of alkyl halides is 3. The third kappa shape index (κ3) is 4.57. The zero-order valence-corrected chi connectivity index (χ0v) is 22.6. The van der Waals surface area contributed by atoms with E-state index in [9.17, 15) is 27.6 Å². The van der Waals surface area contributed by atoms with Crippen LogP contribution in [0, 0.1) is 17.3 Å². The van der Waals surface area contributed by atoms with Crippen molar-refractivity contribution in [3.05, 3.63) is 46.7 Å². The molecule has 8 nitrogen and oxygen atoms in total. The van der Waals surface area contributed by atoms with Gasteiger partial charge in [0, 0.05) is 47.9 Å². The van der Waals surface area contributed by atoms with Crippen LogP contribution in [0.1, 0.15) is 30.0 Å². The number of carbonyl (C=O) groups excluding carboxylic acids is 3. The number of hydrogen-bond donors (Lipinski definition) is 2. The molecule has 0 aromatic carbocycles. The minimum absolute atomic E-state index is 0. The average molecular weight is 580 g/mol. The number of imide groups is 1. The second-order valence-electron chi connectivity index (χ2n) is 10.5. The van der Waals surface area contributed by atoms with Gasteiger partial charge in [0.15, 0.2) is 0 Å². The molecule has 3 unspecified atom stereocenters. The minimum Gasteiger partial charge on any atom is -0.353 e. The summed E-state index contributed by atoms with van der Waals surface area (Å²) in [6.07, 6.45) is -2.20. The molecule has 2 saturated heterocycles. The van der Waals surface area contributed by atoms with Gasteiger partial charge in [-0.25, -0.2) is 0 Å². The molecular weight excluding hydrogens is 555 g/mol. The summed E-state index contributed by atoms with van der Waals surface area (Å²) in [5.74, 6) is -1.18. The van der Waals surface area contributed by atoms with E-state index < -0.39 is 17.8 Å². The molecular formula is C26H25ClF3N5O3S. The van der Waals surface area contributed by atoms with Crippen LogP contribution in [-0.2, 0) is 33.5 Å². The highest BCUT2D eigenvalue weighted by Crippen LogP contribution is 2.63. The third-order valence-electron chi connectivity index (χ3n) is 7.79. The van der Waals surface area contributed by atoms with Crippen molar-refractivity contribution < 1.29 is 27.6 Å². The van der Waals surface area contributed by atoms with Gasteiger partial charge in [0.25, 0.3) is 0 Å². The van der Waals surface area contributed by atoms with Crippen molar-refractivity contribution in [1.29, 1.82) is 0 Å². The molecule has 3 atom stereocenters. The van der Waals surface area contributed by atoms with Crippen LogP contribution in [0.2, 0.25) is 0 Å². The number of thiophene rings is 1. The van der Waals surface area contributed by atoms with Gasteiger partial charge in [-0.2, -0.15) is 13.2 Å². The average Bonchev–Trinajstić information content (AvgIpc) is 3.10. The number of hydrogen-bond acceptors (Lipinski definition) is 7. The summed E-state index contributed by atoms with van der Waals surface area (Å²) in [7, 11) is 0. The van der Waals surface area contributed by atoms with Crippen LogP contribution in [0.4, 0.5) is 13.2 Å². The molecule has 0 radical (unpaired) electrons. The van der Waals surface area contributed by atoms with Crippen LogP contribution in [0.15, 0.2) is 30.6 Å². The Hall–Kier alpha value is -3.09. The maximum absolute atomic E-state index is 13.6. The number of nitrogens with zero attached hydrogens (tertiary/aromatic N) is 3. The van der Waals surface area contributed by atoms with Gasteiger partial charge >= 0.3 is 6.18 Å². The Morgan fingerprint density at radius 1 is 1.08 bits per heavy atom. The summed E-state index contributed by atoms with van der Waals surface area (Å²) in [5, 5.41) is 5.85. The summed E-state index contributed by atoms with van der Waals surface area (Å²) < 4.78 is 41.6. The lowest BCUT2D eigenvalue weighted by Gasteiger charge is -2.24. The van der Waals surface area contributed by atoms with Crippen molar-refractivity contribution in [2.75, 3.05) is 13.1 Å². The molecule has 2 N–H and O–H groups in total. The molecule has 3 amide bonds. The molecule has 0 bridgehead atoms. The fourth-order valence-corrected chi connectivity index (χ4v) is 6.77. The molecule has 1 saturated carbocycles. The molecule has 1 aliphatic carbocycles. The number of piperidine rings is 1. The molecule has 3 aromatic heterocycles. The van der Waals surface area contributed by atoms with E-state index in [-0.39, 0.29) is 65.9 Å². The van der Waals surface area contributed by atoms with Crippen LogP contribution in [0.5, 0.6) is 0 Å². The lowest BCUT2D eigenvalue weighted by Crippen LogP contribution is -2.53. The lowest BCUT2D eigenvalue weighted by atomic mass is 9.97. The highest BCUT2D eigenvalue weighted by atomic mass is 35.5. The van der Waals surface area contributed by atoms with E-state index in [4.69, 9.17) is 0 Å². The van der Waals surface area contributed by atoms with Crippen LogP contribution in [0.25, 0.3) is 21.3 Å². The Kier molecular flexibility index (Phi) is 6.71. The summed E-state index contributed by atoms with van der Waals surface area (Å²) in [6, 6.07) is 3.82. The molecule has 3 aromatic rings. The summed E-state index contributed by atoms with van der Waals surface area (Å²) in [5.41, 5.74) is 0.452. The van der Waals surface area contributed by atoms with E-state index in [1.165, 1.54) is 22.4 Å². The quantitative estimate of drug-likeness (QED) is 0.448. The maximum Gasteiger partial charge on any atom is 0.417 e. The van der Waals surface area contributed by atoms with Crippen molar-refractivity contribution in [1.82, 2.24) is 25.5 Å². The zero-order valence-electron chi connectivity index (χ0n) is 21.0. The number of fused-ring (bicyclic) bond motifs is 2. The van der Waals surface area contributed by atoms with Crippen molar-refractivity contribution in [2.45, 2.75) is 39.0 Å². The fourth-order valence-electron chi connectivity index (χ4n) is 5.64. The van der Waals surface area contributed by atoms with Crippen molar-refractivity contribution in [2.24, 2.45) is 17.3 Å². The maximum atomic E-state index is 13.6. The molecule has 206 valence electrons. The first-order valence-corrected chi connectivity index (χ1v) is 13.1. The Morgan fingerprint density at radius 3 is 2.46 bits per heavy atom. The number of piperazine rings is 1. The Labute approximate surface area is 231 Å². The minimum atomic E-state index is -4.60. The van der Waals surface area contributed by atoms with Gasteiger partial charge in [0.05, 0.1) is 45.9 Å². The molecule has 0 spiro atoms. The van der Waals surface area contributed by atoms with Gasteiger partial charge in [0.2, 0.25) is 17.7 Å². The highest BCUT2D eigenvalue weighted by molar-refractivity contribution is 7.19. The number of rotatable bonds is 5. The van der Waals surface area contributed by atoms with E-state index in [1.807, 2.05) is 13.8 Å². The molecule has 3 fully saturated rings. The summed E-state index contributed by atoms with van der Waals surface area (Å²) in [4.78, 5) is 48.4. The molecule has 13 heteroatoms. The number of amides is 3. The molecule has 2 aliphatic heterocycles. The van der Waals surface area contributed by atoms with E-state index in [1.54, 1.807) is 12.1 Å².